The lowest BCUT2D eigenvalue weighted by Crippen LogP contribution is -2.04. The van der Waals surface area contributed by atoms with Gasteiger partial charge in [0.05, 0.1) is 16.7 Å². The van der Waals surface area contributed by atoms with Crippen molar-refractivity contribution >= 4 is 61.2 Å². The molecule has 0 amide bonds. The minimum Gasteiger partial charge on any atom is -0.295 e. The smallest absolute Gasteiger partial charge is 0.124 e. The summed E-state index contributed by atoms with van der Waals surface area (Å²) in [6, 6.07) is 10.7. The summed E-state index contributed by atoms with van der Waals surface area (Å²) in [6.45, 7) is 0. The number of benzene rings is 2. The topological polar surface area (TPSA) is 17.8 Å². The number of aromatic nitrogens is 2. The minimum atomic E-state index is -0.241. The van der Waals surface area contributed by atoms with Gasteiger partial charge >= 0.3 is 0 Å². The Hall–Kier alpha value is -0.660. The molecule has 0 aliphatic rings. The summed E-state index contributed by atoms with van der Waals surface area (Å²) in [6.07, 6.45) is 0.654. The number of nitrogens with zero attached hydrogens (tertiary/aromatic N) is 2. The zero-order chi connectivity index (χ0) is 15.0. The van der Waals surface area contributed by atoms with Crippen LogP contribution in [-0.2, 0) is 6.42 Å². The average molecular weight is 480 g/mol. The summed E-state index contributed by atoms with van der Waals surface area (Å²) in [5.41, 5.74) is 2.80. The van der Waals surface area contributed by atoms with Crippen molar-refractivity contribution in [1.29, 1.82) is 0 Å². The molecule has 2 nitrogen and oxygen atoms in total. The van der Waals surface area contributed by atoms with E-state index < -0.39 is 0 Å². The van der Waals surface area contributed by atoms with Crippen molar-refractivity contribution < 1.29 is 4.39 Å². The summed E-state index contributed by atoms with van der Waals surface area (Å²) in [7, 11) is 0. The molecule has 1 heterocycles. The minimum absolute atomic E-state index is 0.241. The van der Waals surface area contributed by atoms with E-state index in [-0.39, 0.29) is 5.82 Å². The molecule has 0 unspecified atom stereocenters. The van der Waals surface area contributed by atoms with Crippen LogP contribution in [0.25, 0.3) is 16.7 Å². The van der Waals surface area contributed by atoms with Gasteiger partial charge in [0, 0.05) is 20.3 Å². The van der Waals surface area contributed by atoms with Gasteiger partial charge in [-0.1, -0.05) is 15.9 Å². The second-order valence-corrected chi connectivity index (χ2v) is 6.99. The lowest BCUT2D eigenvalue weighted by atomic mass is 10.2. The third-order valence-corrected chi connectivity index (χ3v) is 4.70. The first-order valence-corrected chi connectivity index (χ1v) is 8.69. The van der Waals surface area contributed by atoms with Gasteiger partial charge in [0.15, 0.2) is 0 Å². The van der Waals surface area contributed by atoms with Crippen LogP contribution >= 0.6 is 50.1 Å². The molecule has 2 aromatic carbocycles. The van der Waals surface area contributed by atoms with E-state index >= 15 is 0 Å². The van der Waals surface area contributed by atoms with E-state index in [1.165, 1.54) is 12.1 Å². The van der Waals surface area contributed by atoms with Crippen LogP contribution in [0.3, 0.4) is 0 Å². The van der Waals surface area contributed by atoms with E-state index in [9.17, 15) is 4.39 Å². The Balaban J connectivity index is 2.30. The van der Waals surface area contributed by atoms with Crippen LogP contribution in [0, 0.1) is 9.39 Å². The second kappa shape index (κ2) is 6.22. The molecule has 108 valence electrons. The molecule has 0 saturated carbocycles. The summed E-state index contributed by atoms with van der Waals surface area (Å²) < 4.78 is 17.2. The number of alkyl halides is 1. The number of hydrogen-bond acceptors (Lipinski definition) is 1. The molecule has 6 heteroatoms. The molecule has 3 rings (SSSR count). The van der Waals surface area contributed by atoms with E-state index in [4.69, 9.17) is 11.6 Å². The molecule has 3 aromatic rings. The Bertz CT molecular complexity index is 819. The molecule has 21 heavy (non-hydrogen) atoms. The van der Waals surface area contributed by atoms with E-state index in [1.807, 2.05) is 22.8 Å². The van der Waals surface area contributed by atoms with Crippen LogP contribution in [0.5, 0.6) is 0 Å². The molecule has 0 radical (unpaired) electrons. The maximum atomic E-state index is 13.3. The third-order valence-electron chi connectivity index (χ3n) is 3.15. The van der Waals surface area contributed by atoms with Gasteiger partial charge in [-0.05, 0) is 59.0 Å². The number of fused-ring (bicyclic) bond motifs is 1. The maximum absolute atomic E-state index is 13.3. The first-order chi connectivity index (χ1) is 10.1. The molecule has 0 atom stereocenters. The van der Waals surface area contributed by atoms with Crippen LogP contribution in [0.4, 0.5) is 4.39 Å². The fourth-order valence-corrected chi connectivity index (χ4v) is 3.52. The Kier molecular flexibility index (Phi) is 4.51. The summed E-state index contributed by atoms with van der Waals surface area (Å²) in [4.78, 5) is 4.65. The molecular weight excluding hydrogens is 469 g/mol. The average Bonchev–Trinajstić information content (AvgIpc) is 2.76. The van der Waals surface area contributed by atoms with Crippen LogP contribution in [-0.4, -0.2) is 15.4 Å². The normalized spacial score (nSPS) is 11.2. The first kappa shape index (κ1) is 15.2. The Labute approximate surface area is 148 Å². The van der Waals surface area contributed by atoms with Gasteiger partial charge in [-0.15, -0.1) is 11.6 Å². The fraction of sp³-hybridized carbons (Fsp3) is 0.133. The summed E-state index contributed by atoms with van der Waals surface area (Å²) in [5, 5.41) is 0. The van der Waals surface area contributed by atoms with Crippen LogP contribution < -0.4 is 0 Å². The highest BCUT2D eigenvalue weighted by Gasteiger charge is 2.14. The summed E-state index contributed by atoms with van der Waals surface area (Å²) in [5.74, 6) is 1.12. The van der Waals surface area contributed by atoms with Gasteiger partial charge in [-0.25, -0.2) is 9.37 Å². The van der Waals surface area contributed by atoms with Crippen LogP contribution in [0.2, 0.25) is 0 Å². The molecule has 0 spiro atoms. The van der Waals surface area contributed by atoms with Crippen molar-refractivity contribution in [2.24, 2.45) is 0 Å². The summed E-state index contributed by atoms with van der Waals surface area (Å²) >= 11 is 11.5. The molecule has 0 aliphatic heterocycles. The van der Waals surface area contributed by atoms with Gasteiger partial charge in [0.2, 0.25) is 0 Å². The number of halogens is 4. The Morgan fingerprint density at radius 3 is 2.76 bits per heavy atom. The SMILES string of the molecule is Fc1ccc(-n2c(CCCl)nc3cc(Br)ccc32)c(I)c1. The predicted molar refractivity (Wildman–Crippen MR) is 95.9 cm³/mol. The third kappa shape index (κ3) is 2.96. The van der Waals surface area contributed by atoms with Crippen LogP contribution in [0.15, 0.2) is 40.9 Å². The molecule has 0 saturated heterocycles. The van der Waals surface area contributed by atoms with Gasteiger partial charge in [-0.2, -0.15) is 0 Å². The molecule has 0 fully saturated rings. The zero-order valence-corrected chi connectivity index (χ0v) is 15.3. The molecular formula is C15H10BrClFIN2. The number of rotatable bonds is 3. The van der Waals surface area contributed by atoms with Crippen molar-refractivity contribution in [2.75, 3.05) is 5.88 Å². The number of hydrogen-bond donors (Lipinski definition) is 0. The quantitative estimate of drug-likeness (QED) is 0.368. The van der Waals surface area contributed by atoms with Gasteiger partial charge < -0.3 is 0 Å². The monoisotopic (exact) mass is 478 g/mol. The van der Waals surface area contributed by atoms with Gasteiger partial charge in [-0.3, -0.25) is 4.57 Å². The first-order valence-electron chi connectivity index (χ1n) is 6.28. The highest BCUT2D eigenvalue weighted by molar-refractivity contribution is 14.1. The molecule has 1 aromatic heterocycles. The van der Waals surface area contributed by atoms with E-state index in [0.717, 1.165) is 30.6 Å². The largest absolute Gasteiger partial charge is 0.295 e. The Morgan fingerprint density at radius 1 is 1.24 bits per heavy atom. The fourth-order valence-electron chi connectivity index (χ4n) is 2.29. The van der Waals surface area contributed by atoms with E-state index in [1.54, 1.807) is 6.07 Å². The van der Waals surface area contributed by atoms with Gasteiger partial charge in [0.1, 0.15) is 11.6 Å². The maximum Gasteiger partial charge on any atom is 0.124 e. The molecule has 0 N–H and O–H groups in total. The zero-order valence-electron chi connectivity index (χ0n) is 10.8. The highest BCUT2D eigenvalue weighted by atomic mass is 127. The molecule has 0 aliphatic carbocycles. The van der Waals surface area contributed by atoms with Gasteiger partial charge in [0.25, 0.3) is 0 Å². The predicted octanol–water partition coefficient (Wildman–Crippen LogP) is 5.31. The number of aryl methyl sites for hydroxylation is 1. The second-order valence-electron chi connectivity index (χ2n) is 4.53. The number of imidazole rings is 1. The lowest BCUT2D eigenvalue weighted by Gasteiger charge is -2.11. The lowest BCUT2D eigenvalue weighted by molar-refractivity contribution is 0.626. The van der Waals surface area contributed by atoms with Crippen molar-refractivity contribution in [1.82, 2.24) is 9.55 Å². The Morgan fingerprint density at radius 2 is 2.05 bits per heavy atom. The highest BCUT2D eigenvalue weighted by Crippen LogP contribution is 2.27. The van der Waals surface area contributed by atoms with E-state index in [2.05, 4.69) is 43.5 Å². The molecule has 0 bridgehead atoms. The van der Waals surface area contributed by atoms with Crippen molar-refractivity contribution in [2.45, 2.75) is 6.42 Å². The standard InChI is InChI=1S/C15H10BrClFIN2/c16-9-1-3-14-12(7-9)20-15(5-6-17)21(14)13-4-2-10(18)8-11(13)19/h1-4,7-8H,5-6H2. The van der Waals surface area contributed by atoms with Crippen molar-refractivity contribution in [3.05, 3.63) is 56.1 Å². The van der Waals surface area contributed by atoms with Crippen LogP contribution in [0.1, 0.15) is 5.82 Å². The van der Waals surface area contributed by atoms with Crippen molar-refractivity contribution in [3.63, 3.8) is 0 Å². The van der Waals surface area contributed by atoms with E-state index in [0.29, 0.717) is 12.3 Å². The van der Waals surface area contributed by atoms with Crippen molar-refractivity contribution in [3.8, 4) is 5.69 Å².